The number of hydrogen-bond acceptors (Lipinski definition) is 2. The monoisotopic (exact) mass is 265 g/mol. The van der Waals surface area contributed by atoms with Crippen molar-refractivity contribution in [1.82, 2.24) is 5.32 Å². The van der Waals surface area contributed by atoms with E-state index in [0.717, 1.165) is 19.3 Å². The van der Waals surface area contributed by atoms with Crippen LogP contribution in [0, 0.1) is 28.6 Å². The van der Waals surface area contributed by atoms with Crippen LogP contribution in [-0.2, 0) is 9.59 Å². The zero-order valence-electron chi connectivity index (χ0n) is 12.9. The second-order valence-electron chi connectivity index (χ2n) is 7.95. The number of piperidine rings is 1. The third-order valence-corrected chi connectivity index (χ3v) is 5.12. The van der Waals surface area contributed by atoms with Gasteiger partial charge < -0.3 is 0 Å². The summed E-state index contributed by atoms with van der Waals surface area (Å²) < 4.78 is 0. The van der Waals surface area contributed by atoms with Crippen LogP contribution in [0.15, 0.2) is 0 Å². The third kappa shape index (κ3) is 2.56. The van der Waals surface area contributed by atoms with Crippen molar-refractivity contribution in [3.8, 4) is 0 Å². The highest BCUT2D eigenvalue weighted by Crippen LogP contribution is 2.60. The second kappa shape index (κ2) is 4.60. The van der Waals surface area contributed by atoms with Gasteiger partial charge in [0.1, 0.15) is 0 Å². The van der Waals surface area contributed by atoms with Crippen LogP contribution in [0.25, 0.3) is 0 Å². The zero-order chi connectivity index (χ0) is 14.4. The van der Waals surface area contributed by atoms with Crippen LogP contribution in [0.3, 0.4) is 0 Å². The molecule has 0 aromatic heterocycles. The zero-order valence-corrected chi connectivity index (χ0v) is 12.9. The number of rotatable bonds is 2. The van der Waals surface area contributed by atoms with Gasteiger partial charge >= 0.3 is 0 Å². The summed E-state index contributed by atoms with van der Waals surface area (Å²) >= 11 is 0. The Labute approximate surface area is 116 Å². The summed E-state index contributed by atoms with van der Waals surface area (Å²) in [5.74, 6) is 0.823. The molecule has 0 aromatic rings. The molecule has 1 aliphatic heterocycles. The maximum Gasteiger partial charge on any atom is 0.230 e. The van der Waals surface area contributed by atoms with Gasteiger partial charge in [-0.3, -0.25) is 14.9 Å². The standard InChI is InChI=1S/C16H27NO2/c1-10(2)6-12-14(19)17-13(18)8-16(12)9-15(4,5)7-11(16)3/h10-12H,6-9H2,1-5H3,(H,17,18,19). The molecule has 0 aromatic carbocycles. The molecular weight excluding hydrogens is 238 g/mol. The van der Waals surface area contributed by atoms with Crippen molar-refractivity contribution < 1.29 is 9.59 Å². The molecule has 3 atom stereocenters. The first-order valence-electron chi connectivity index (χ1n) is 7.50. The lowest BCUT2D eigenvalue weighted by Gasteiger charge is -2.44. The van der Waals surface area contributed by atoms with E-state index in [1.54, 1.807) is 0 Å². The maximum atomic E-state index is 12.3. The predicted octanol–water partition coefficient (Wildman–Crippen LogP) is 3.14. The topological polar surface area (TPSA) is 46.2 Å². The van der Waals surface area contributed by atoms with E-state index in [-0.39, 0.29) is 28.6 Å². The van der Waals surface area contributed by atoms with E-state index in [1.165, 1.54) is 0 Å². The molecule has 2 amide bonds. The fourth-order valence-corrected chi connectivity index (χ4v) is 4.64. The van der Waals surface area contributed by atoms with Gasteiger partial charge in [0.15, 0.2) is 0 Å². The highest BCUT2D eigenvalue weighted by molar-refractivity contribution is 5.99. The van der Waals surface area contributed by atoms with Gasteiger partial charge in [-0.15, -0.1) is 0 Å². The minimum absolute atomic E-state index is 0.00183. The fourth-order valence-electron chi connectivity index (χ4n) is 4.64. The Morgan fingerprint density at radius 2 is 1.95 bits per heavy atom. The molecule has 1 spiro atoms. The molecule has 1 saturated carbocycles. The maximum absolute atomic E-state index is 12.3. The normalized spacial score (nSPS) is 38.0. The second-order valence-corrected chi connectivity index (χ2v) is 7.95. The summed E-state index contributed by atoms with van der Waals surface area (Å²) in [5, 5.41) is 2.56. The van der Waals surface area contributed by atoms with E-state index in [1.807, 2.05) is 0 Å². The molecule has 3 nitrogen and oxygen atoms in total. The van der Waals surface area contributed by atoms with Crippen LogP contribution in [-0.4, -0.2) is 11.8 Å². The van der Waals surface area contributed by atoms with Crippen molar-refractivity contribution >= 4 is 11.8 Å². The Morgan fingerprint density at radius 3 is 2.42 bits per heavy atom. The molecule has 108 valence electrons. The number of hydrogen-bond donors (Lipinski definition) is 1. The smallest absolute Gasteiger partial charge is 0.230 e. The minimum Gasteiger partial charge on any atom is -0.296 e. The van der Waals surface area contributed by atoms with Gasteiger partial charge in [0, 0.05) is 12.3 Å². The summed E-state index contributed by atoms with van der Waals surface area (Å²) in [7, 11) is 0. The van der Waals surface area contributed by atoms with Crippen molar-refractivity contribution in [2.45, 2.75) is 60.3 Å². The van der Waals surface area contributed by atoms with Crippen LogP contribution in [0.5, 0.6) is 0 Å². The lowest BCUT2D eigenvalue weighted by molar-refractivity contribution is -0.146. The Balaban J connectivity index is 2.37. The van der Waals surface area contributed by atoms with Crippen molar-refractivity contribution in [2.75, 3.05) is 0 Å². The van der Waals surface area contributed by atoms with Crippen LogP contribution in [0.1, 0.15) is 60.3 Å². The Bertz CT molecular complexity index is 400. The Morgan fingerprint density at radius 1 is 1.32 bits per heavy atom. The van der Waals surface area contributed by atoms with Gasteiger partial charge in [-0.25, -0.2) is 0 Å². The first kappa shape index (κ1) is 14.5. The first-order chi connectivity index (χ1) is 8.66. The molecule has 1 saturated heterocycles. The van der Waals surface area contributed by atoms with E-state index in [0.29, 0.717) is 18.3 Å². The predicted molar refractivity (Wildman–Crippen MR) is 75.3 cm³/mol. The Hall–Kier alpha value is -0.860. The molecule has 1 heterocycles. The molecule has 0 radical (unpaired) electrons. The van der Waals surface area contributed by atoms with Gasteiger partial charge in [0.2, 0.25) is 11.8 Å². The molecule has 3 unspecified atom stereocenters. The summed E-state index contributed by atoms with van der Waals surface area (Å²) in [4.78, 5) is 24.2. The molecule has 0 bridgehead atoms. The third-order valence-electron chi connectivity index (χ3n) is 5.12. The summed E-state index contributed by atoms with van der Waals surface area (Å²) in [6.45, 7) is 11.1. The lowest BCUT2D eigenvalue weighted by Crippen LogP contribution is -2.53. The van der Waals surface area contributed by atoms with Gasteiger partial charge in [-0.1, -0.05) is 34.6 Å². The van der Waals surface area contributed by atoms with E-state index in [2.05, 4.69) is 39.9 Å². The molecule has 2 rings (SSSR count). The van der Waals surface area contributed by atoms with Crippen LogP contribution in [0.2, 0.25) is 0 Å². The molecule has 2 fully saturated rings. The van der Waals surface area contributed by atoms with Gasteiger partial charge in [0.25, 0.3) is 0 Å². The lowest BCUT2D eigenvalue weighted by atomic mass is 9.61. The van der Waals surface area contributed by atoms with E-state index >= 15 is 0 Å². The average Bonchev–Trinajstić information content (AvgIpc) is 2.42. The van der Waals surface area contributed by atoms with Gasteiger partial charge in [0.05, 0.1) is 0 Å². The molecule has 1 aliphatic carbocycles. The molecule has 1 N–H and O–H groups in total. The van der Waals surface area contributed by atoms with E-state index < -0.39 is 0 Å². The number of amides is 2. The molecule has 19 heavy (non-hydrogen) atoms. The summed E-state index contributed by atoms with van der Waals surface area (Å²) in [6, 6.07) is 0. The quantitative estimate of drug-likeness (QED) is 0.780. The highest BCUT2D eigenvalue weighted by atomic mass is 16.2. The molecule has 3 heteroatoms. The van der Waals surface area contributed by atoms with Gasteiger partial charge in [-0.2, -0.15) is 0 Å². The van der Waals surface area contributed by atoms with Crippen LogP contribution >= 0.6 is 0 Å². The number of carbonyl (C=O) groups is 2. The number of imide groups is 1. The van der Waals surface area contributed by atoms with Gasteiger partial charge in [-0.05, 0) is 41.9 Å². The number of nitrogens with one attached hydrogen (secondary N) is 1. The highest BCUT2D eigenvalue weighted by Gasteiger charge is 2.57. The molecular formula is C16H27NO2. The summed E-state index contributed by atoms with van der Waals surface area (Å²) in [6.07, 6.45) is 3.53. The van der Waals surface area contributed by atoms with Crippen molar-refractivity contribution in [2.24, 2.45) is 28.6 Å². The average molecular weight is 265 g/mol. The molecule has 2 aliphatic rings. The first-order valence-corrected chi connectivity index (χ1v) is 7.50. The van der Waals surface area contributed by atoms with Crippen LogP contribution < -0.4 is 5.32 Å². The Kier molecular flexibility index (Phi) is 3.53. The van der Waals surface area contributed by atoms with E-state index in [9.17, 15) is 9.59 Å². The largest absolute Gasteiger partial charge is 0.296 e. The SMILES string of the molecule is CC(C)CC1C(=O)NC(=O)CC12CC(C)(C)CC2C. The van der Waals surface area contributed by atoms with Crippen molar-refractivity contribution in [3.63, 3.8) is 0 Å². The van der Waals surface area contributed by atoms with Crippen molar-refractivity contribution in [1.29, 1.82) is 0 Å². The van der Waals surface area contributed by atoms with Crippen LogP contribution in [0.4, 0.5) is 0 Å². The summed E-state index contributed by atoms with van der Waals surface area (Å²) in [5.41, 5.74) is 0.139. The van der Waals surface area contributed by atoms with Crippen molar-refractivity contribution in [3.05, 3.63) is 0 Å². The minimum atomic E-state index is -0.104. The fraction of sp³-hybridized carbons (Fsp3) is 0.875. The van der Waals surface area contributed by atoms with E-state index in [4.69, 9.17) is 0 Å². The number of carbonyl (C=O) groups excluding carboxylic acids is 2.